The highest BCUT2D eigenvalue weighted by Gasteiger charge is 2.41. The van der Waals surface area contributed by atoms with Crippen LogP contribution in [0.15, 0.2) is 48.8 Å². The fourth-order valence-corrected chi connectivity index (χ4v) is 3.38. The predicted molar refractivity (Wildman–Crippen MR) is 110 cm³/mol. The maximum absolute atomic E-state index is 14.0. The van der Waals surface area contributed by atoms with Gasteiger partial charge in [-0.2, -0.15) is 0 Å². The van der Waals surface area contributed by atoms with Gasteiger partial charge in [0.1, 0.15) is 11.6 Å². The van der Waals surface area contributed by atoms with Crippen LogP contribution in [0.3, 0.4) is 0 Å². The molecule has 0 fully saturated rings. The fourth-order valence-electron chi connectivity index (χ4n) is 3.38. The van der Waals surface area contributed by atoms with Gasteiger partial charge in [-0.3, -0.25) is 4.98 Å². The molecular weight excluding hydrogens is 391 g/mol. The smallest absolute Gasteiger partial charge is 0.271 e. The lowest BCUT2D eigenvalue weighted by molar-refractivity contribution is -0.103. The van der Waals surface area contributed by atoms with E-state index >= 15 is 0 Å². The van der Waals surface area contributed by atoms with Crippen LogP contribution < -0.4 is 0 Å². The third-order valence-corrected chi connectivity index (χ3v) is 5.09. The summed E-state index contributed by atoms with van der Waals surface area (Å²) in [6, 6.07) is 8.87. The van der Waals surface area contributed by atoms with Gasteiger partial charge in [0.05, 0.1) is 11.9 Å². The van der Waals surface area contributed by atoms with Crippen LogP contribution in [-0.2, 0) is 25.5 Å². The molecule has 1 aromatic carbocycles. The van der Waals surface area contributed by atoms with Gasteiger partial charge in [-0.15, -0.1) is 0 Å². The van der Waals surface area contributed by atoms with Crippen molar-refractivity contribution in [2.24, 2.45) is 12.5 Å². The molecule has 0 amide bonds. The molecule has 0 radical (unpaired) electrons. The molecule has 0 spiro atoms. The van der Waals surface area contributed by atoms with Crippen LogP contribution in [-0.4, -0.2) is 26.1 Å². The lowest BCUT2D eigenvalue weighted by Gasteiger charge is -2.28. The van der Waals surface area contributed by atoms with Crippen molar-refractivity contribution < 1.29 is 18.3 Å². The Kier molecular flexibility index (Phi) is 6.04. The van der Waals surface area contributed by atoms with E-state index < -0.39 is 17.8 Å². The van der Waals surface area contributed by atoms with Gasteiger partial charge in [0.15, 0.2) is 5.60 Å². The van der Waals surface area contributed by atoms with E-state index in [9.17, 15) is 18.3 Å². The minimum Gasteiger partial charge on any atom is -0.379 e. The number of imidazole rings is 1. The molecular formula is C23H26F3N3O. The Hall–Kier alpha value is -2.67. The number of nitrogens with zero attached hydrogens (tertiary/aromatic N) is 3. The van der Waals surface area contributed by atoms with E-state index in [-0.39, 0.29) is 17.4 Å². The molecule has 1 unspecified atom stereocenters. The zero-order valence-electron chi connectivity index (χ0n) is 17.5. The van der Waals surface area contributed by atoms with Gasteiger partial charge in [-0.05, 0) is 29.5 Å². The van der Waals surface area contributed by atoms with Crippen molar-refractivity contribution in [3.05, 3.63) is 71.7 Å². The first kappa shape index (κ1) is 22.0. The van der Waals surface area contributed by atoms with E-state index in [2.05, 4.69) is 30.7 Å². The SMILES string of the molecule is Cn1c(CC(C)(C)C)cnc1CC(O)(c1ccc(-c2ccc(F)cn2)cc1)C(F)F. The van der Waals surface area contributed by atoms with Crippen LogP contribution >= 0.6 is 0 Å². The summed E-state index contributed by atoms with van der Waals surface area (Å²) >= 11 is 0. The second-order valence-electron chi connectivity index (χ2n) is 8.80. The summed E-state index contributed by atoms with van der Waals surface area (Å²) in [4.78, 5) is 8.28. The van der Waals surface area contributed by atoms with Gasteiger partial charge in [-0.1, -0.05) is 45.0 Å². The molecule has 3 aromatic rings. The van der Waals surface area contributed by atoms with Gasteiger partial charge in [0.2, 0.25) is 0 Å². The Morgan fingerprint density at radius 1 is 0.967 bits per heavy atom. The molecule has 2 heterocycles. The highest BCUT2D eigenvalue weighted by molar-refractivity contribution is 5.59. The van der Waals surface area contributed by atoms with E-state index in [1.807, 2.05) is 0 Å². The maximum Gasteiger partial charge on any atom is 0.271 e. The first-order valence-electron chi connectivity index (χ1n) is 9.72. The van der Waals surface area contributed by atoms with Crippen LogP contribution in [0.1, 0.15) is 37.9 Å². The predicted octanol–water partition coefficient (Wildman–Crippen LogP) is 4.91. The topological polar surface area (TPSA) is 50.9 Å². The molecule has 0 aliphatic carbocycles. The number of halogens is 3. The van der Waals surface area contributed by atoms with Crippen LogP contribution in [0, 0.1) is 11.2 Å². The lowest BCUT2D eigenvalue weighted by Crippen LogP contribution is -2.37. The molecule has 4 nitrogen and oxygen atoms in total. The summed E-state index contributed by atoms with van der Waals surface area (Å²) in [6.07, 6.45) is 0.183. The summed E-state index contributed by atoms with van der Waals surface area (Å²) in [5, 5.41) is 10.9. The van der Waals surface area contributed by atoms with Gasteiger partial charge >= 0.3 is 0 Å². The largest absolute Gasteiger partial charge is 0.379 e. The highest BCUT2D eigenvalue weighted by Crippen LogP contribution is 2.34. The second kappa shape index (κ2) is 8.22. The first-order valence-corrected chi connectivity index (χ1v) is 9.72. The third-order valence-electron chi connectivity index (χ3n) is 5.09. The molecule has 2 aromatic heterocycles. The molecule has 1 atom stereocenters. The third kappa shape index (κ3) is 4.73. The Balaban J connectivity index is 1.88. The first-order chi connectivity index (χ1) is 14.0. The monoisotopic (exact) mass is 417 g/mol. The number of hydrogen-bond acceptors (Lipinski definition) is 3. The zero-order valence-corrected chi connectivity index (χ0v) is 17.5. The molecule has 0 saturated carbocycles. The fraction of sp³-hybridized carbons (Fsp3) is 0.391. The Morgan fingerprint density at radius 2 is 1.63 bits per heavy atom. The number of pyridine rings is 1. The van der Waals surface area contributed by atoms with Crippen molar-refractivity contribution >= 4 is 0 Å². The molecule has 0 aliphatic rings. The van der Waals surface area contributed by atoms with E-state index in [0.717, 1.165) is 18.3 Å². The summed E-state index contributed by atoms with van der Waals surface area (Å²) in [5.74, 6) is -0.0651. The molecule has 160 valence electrons. The molecule has 0 aliphatic heterocycles. The molecule has 0 bridgehead atoms. The normalized spacial score (nSPS) is 14.2. The Bertz CT molecular complexity index is 992. The van der Waals surface area contributed by atoms with E-state index in [4.69, 9.17) is 0 Å². The van der Waals surface area contributed by atoms with Gasteiger partial charge < -0.3 is 9.67 Å². The minimum atomic E-state index is -3.00. The van der Waals surface area contributed by atoms with Crippen molar-refractivity contribution in [1.29, 1.82) is 0 Å². The lowest BCUT2D eigenvalue weighted by atomic mass is 9.89. The quantitative estimate of drug-likeness (QED) is 0.620. The maximum atomic E-state index is 14.0. The molecule has 1 N–H and O–H groups in total. The summed E-state index contributed by atoms with van der Waals surface area (Å²) in [5.41, 5.74) is -0.198. The van der Waals surface area contributed by atoms with Crippen LogP contribution in [0.4, 0.5) is 13.2 Å². The number of hydrogen-bond donors (Lipinski definition) is 1. The Labute approximate surface area is 174 Å². The van der Waals surface area contributed by atoms with Gasteiger partial charge in [0.25, 0.3) is 6.43 Å². The summed E-state index contributed by atoms with van der Waals surface area (Å²) in [6.45, 7) is 6.27. The summed E-state index contributed by atoms with van der Waals surface area (Å²) in [7, 11) is 1.78. The van der Waals surface area contributed by atoms with Crippen molar-refractivity contribution in [2.45, 2.75) is 45.6 Å². The van der Waals surface area contributed by atoms with Gasteiger partial charge in [0, 0.05) is 30.9 Å². The summed E-state index contributed by atoms with van der Waals surface area (Å²) < 4.78 is 42.8. The highest BCUT2D eigenvalue weighted by atomic mass is 19.3. The van der Waals surface area contributed by atoms with Crippen LogP contribution in [0.2, 0.25) is 0 Å². The van der Waals surface area contributed by atoms with Crippen molar-refractivity contribution in [3.63, 3.8) is 0 Å². The second-order valence-corrected chi connectivity index (χ2v) is 8.80. The van der Waals surface area contributed by atoms with Crippen molar-refractivity contribution in [2.75, 3.05) is 0 Å². The number of aliphatic hydroxyl groups is 1. The van der Waals surface area contributed by atoms with Crippen LogP contribution in [0.25, 0.3) is 11.3 Å². The number of benzene rings is 1. The van der Waals surface area contributed by atoms with Crippen molar-refractivity contribution in [3.8, 4) is 11.3 Å². The van der Waals surface area contributed by atoms with E-state index in [0.29, 0.717) is 17.1 Å². The van der Waals surface area contributed by atoms with Gasteiger partial charge in [-0.25, -0.2) is 18.2 Å². The number of rotatable bonds is 6. The van der Waals surface area contributed by atoms with Crippen LogP contribution in [0.5, 0.6) is 0 Å². The molecule has 0 saturated heterocycles. The molecule has 7 heteroatoms. The van der Waals surface area contributed by atoms with E-state index in [1.165, 1.54) is 24.3 Å². The molecule has 30 heavy (non-hydrogen) atoms. The minimum absolute atomic E-state index is 0.0221. The standard InChI is InChI=1S/C23H26F3N3O/c1-22(2,3)11-18-14-28-20(29(18)4)12-23(30,21(25)26)16-7-5-15(6-8-16)19-10-9-17(24)13-27-19/h5-10,13-14,21,30H,11-12H2,1-4H3. The number of alkyl halides is 2. The molecule has 3 rings (SSSR count). The zero-order chi connectivity index (χ0) is 22.1. The van der Waals surface area contributed by atoms with Crippen molar-refractivity contribution in [1.82, 2.24) is 14.5 Å². The average Bonchev–Trinajstić information content (AvgIpc) is 3.00. The average molecular weight is 417 g/mol. The Morgan fingerprint density at radius 3 is 2.17 bits per heavy atom. The number of aromatic nitrogens is 3. The van der Waals surface area contributed by atoms with E-state index in [1.54, 1.807) is 29.9 Å².